The number of amides is 2. The molecule has 0 saturated carbocycles. The Bertz CT molecular complexity index is 592. The molecule has 4 N–H and O–H groups in total. The molecule has 130 valence electrons. The van der Waals surface area contributed by atoms with Gasteiger partial charge in [0.05, 0.1) is 12.6 Å². The quantitative estimate of drug-likeness (QED) is 0.695. The Morgan fingerprint density at radius 2 is 2.12 bits per heavy atom. The molecular formula is C18H25N3O3. The van der Waals surface area contributed by atoms with Crippen LogP contribution in [0.15, 0.2) is 30.3 Å². The fraction of sp³-hybridized carbons (Fsp3) is 0.556. The molecule has 4 atom stereocenters. The third kappa shape index (κ3) is 3.44. The van der Waals surface area contributed by atoms with Gasteiger partial charge < -0.3 is 16.2 Å². The van der Waals surface area contributed by atoms with Gasteiger partial charge >= 0.3 is 0 Å². The fourth-order valence-corrected chi connectivity index (χ4v) is 4.02. The molecule has 0 aromatic heterocycles. The smallest absolute Gasteiger partial charge is 0.234 e. The van der Waals surface area contributed by atoms with Gasteiger partial charge in [-0.15, -0.1) is 0 Å². The number of carbonyl (C=O) groups excluding carboxylic acids is 2. The Morgan fingerprint density at radius 3 is 2.71 bits per heavy atom. The molecule has 2 amide bonds. The fourth-order valence-electron chi connectivity index (χ4n) is 4.02. The molecule has 6 nitrogen and oxygen atoms in total. The summed E-state index contributed by atoms with van der Waals surface area (Å²) in [4.78, 5) is 25.8. The number of primary amides is 1. The summed E-state index contributed by atoms with van der Waals surface area (Å²) in [6, 6.07) is 9.46. The van der Waals surface area contributed by atoms with E-state index in [9.17, 15) is 14.7 Å². The first kappa shape index (κ1) is 16.9. The van der Waals surface area contributed by atoms with Gasteiger partial charge in [0.2, 0.25) is 11.8 Å². The first-order valence-corrected chi connectivity index (χ1v) is 8.58. The molecule has 24 heavy (non-hydrogen) atoms. The van der Waals surface area contributed by atoms with Crippen molar-refractivity contribution < 1.29 is 14.7 Å². The summed E-state index contributed by atoms with van der Waals surface area (Å²) in [6.45, 7) is 1.29. The minimum absolute atomic E-state index is 0.0443. The van der Waals surface area contributed by atoms with E-state index in [0.29, 0.717) is 25.9 Å². The van der Waals surface area contributed by atoms with Crippen LogP contribution in [-0.4, -0.2) is 53.6 Å². The average molecular weight is 331 g/mol. The van der Waals surface area contributed by atoms with Gasteiger partial charge in [0, 0.05) is 25.0 Å². The van der Waals surface area contributed by atoms with Crippen molar-refractivity contribution in [3.05, 3.63) is 35.9 Å². The summed E-state index contributed by atoms with van der Waals surface area (Å²) in [5.41, 5.74) is 6.80. The van der Waals surface area contributed by atoms with Crippen molar-refractivity contribution in [1.29, 1.82) is 0 Å². The first-order chi connectivity index (χ1) is 11.6. The van der Waals surface area contributed by atoms with Crippen LogP contribution in [0.1, 0.15) is 30.7 Å². The highest BCUT2D eigenvalue weighted by atomic mass is 16.3. The van der Waals surface area contributed by atoms with Crippen LogP contribution < -0.4 is 11.1 Å². The first-order valence-electron chi connectivity index (χ1n) is 8.58. The highest BCUT2D eigenvalue weighted by Crippen LogP contribution is 2.34. The number of nitrogens with zero attached hydrogens (tertiary/aromatic N) is 1. The van der Waals surface area contributed by atoms with Crippen molar-refractivity contribution in [1.82, 2.24) is 10.2 Å². The van der Waals surface area contributed by atoms with Crippen LogP contribution in [0.4, 0.5) is 0 Å². The Morgan fingerprint density at radius 1 is 1.38 bits per heavy atom. The van der Waals surface area contributed by atoms with Gasteiger partial charge in [-0.25, -0.2) is 0 Å². The Hall–Kier alpha value is -1.92. The molecule has 2 heterocycles. The van der Waals surface area contributed by atoms with Gasteiger partial charge in [-0.1, -0.05) is 30.3 Å². The predicted octanol–water partition coefficient (Wildman–Crippen LogP) is 0.217. The van der Waals surface area contributed by atoms with E-state index in [1.54, 1.807) is 0 Å². The van der Waals surface area contributed by atoms with E-state index in [-0.39, 0.29) is 36.3 Å². The third-order valence-electron chi connectivity index (χ3n) is 5.34. The topological polar surface area (TPSA) is 95.7 Å². The molecule has 1 aromatic carbocycles. The van der Waals surface area contributed by atoms with Gasteiger partial charge in [0.15, 0.2) is 0 Å². The van der Waals surface area contributed by atoms with Gasteiger partial charge in [0.25, 0.3) is 0 Å². The van der Waals surface area contributed by atoms with E-state index in [1.807, 2.05) is 23.1 Å². The maximum absolute atomic E-state index is 11.9. The zero-order valence-corrected chi connectivity index (χ0v) is 13.7. The molecule has 2 aliphatic heterocycles. The van der Waals surface area contributed by atoms with Gasteiger partial charge in [-0.3, -0.25) is 14.5 Å². The van der Waals surface area contributed by atoms with Crippen LogP contribution in [0.5, 0.6) is 0 Å². The lowest BCUT2D eigenvalue weighted by Crippen LogP contribution is -2.48. The van der Waals surface area contributed by atoms with Crippen molar-refractivity contribution >= 4 is 11.8 Å². The summed E-state index contributed by atoms with van der Waals surface area (Å²) in [5, 5.41) is 12.7. The number of aliphatic hydroxyl groups is 1. The predicted molar refractivity (Wildman–Crippen MR) is 90.1 cm³/mol. The molecule has 2 fully saturated rings. The second kappa shape index (κ2) is 7.32. The second-order valence-corrected chi connectivity index (χ2v) is 6.81. The zero-order valence-electron chi connectivity index (χ0n) is 13.7. The average Bonchev–Trinajstić information content (AvgIpc) is 3.20. The number of nitrogens with two attached hydrogens (primary N) is 1. The van der Waals surface area contributed by atoms with Crippen LogP contribution in [0.2, 0.25) is 0 Å². The van der Waals surface area contributed by atoms with Gasteiger partial charge in [-0.2, -0.15) is 0 Å². The number of carbonyl (C=O) groups is 2. The third-order valence-corrected chi connectivity index (χ3v) is 5.34. The van der Waals surface area contributed by atoms with Crippen LogP contribution in [0, 0.1) is 5.92 Å². The SMILES string of the molecule is NC(=O)C1CC(c2ccccc2)CN1[C@H](CO)C[C@@H]1CCNC1=O. The number of nitrogens with one attached hydrogen (secondary N) is 1. The van der Waals surface area contributed by atoms with Gasteiger partial charge in [-0.05, 0) is 30.7 Å². The number of hydrogen-bond acceptors (Lipinski definition) is 4. The molecular weight excluding hydrogens is 306 g/mol. The van der Waals surface area contributed by atoms with E-state index in [0.717, 1.165) is 6.42 Å². The molecule has 0 bridgehead atoms. The minimum Gasteiger partial charge on any atom is -0.395 e. The highest BCUT2D eigenvalue weighted by molar-refractivity contribution is 5.81. The summed E-state index contributed by atoms with van der Waals surface area (Å²) in [7, 11) is 0. The Kier molecular flexibility index (Phi) is 5.16. The lowest BCUT2D eigenvalue weighted by atomic mass is 9.96. The Balaban J connectivity index is 1.75. The molecule has 6 heteroatoms. The van der Waals surface area contributed by atoms with E-state index >= 15 is 0 Å². The normalized spacial score (nSPS) is 28.7. The van der Waals surface area contributed by atoms with Crippen LogP contribution >= 0.6 is 0 Å². The summed E-state index contributed by atoms with van der Waals surface area (Å²) in [6.07, 6.45) is 2.01. The largest absolute Gasteiger partial charge is 0.395 e. The van der Waals surface area contributed by atoms with Crippen molar-refractivity contribution in [3.63, 3.8) is 0 Å². The van der Waals surface area contributed by atoms with E-state index < -0.39 is 6.04 Å². The van der Waals surface area contributed by atoms with Crippen molar-refractivity contribution in [3.8, 4) is 0 Å². The minimum atomic E-state index is -0.392. The number of rotatable bonds is 6. The van der Waals surface area contributed by atoms with Crippen LogP contribution in [0.3, 0.4) is 0 Å². The maximum Gasteiger partial charge on any atom is 0.234 e. The van der Waals surface area contributed by atoms with Gasteiger partial charge in [0.1, 0.15) is 0 Å². The molecule has 2 aliphatic rings. The van der Waals surface area contributed by atoms with E-state index in [4.69, 9.17) is 5.73 Å². The van der Waals surface area contributed by atoms with E-state index in [2.05, 4.69) is 17.4 Å². The molecule has 0 aliphatic carbocycles. The monoisotopic (exact) mass is 331 g/mol. The lowest BCUT2D eigenvalue weighted by molar-refractivity contribution is -0.124. The van der Waals surface area contributed by atoms with Crippen LogP contribution in [0.25, 0.3) is 0 Å². The Labute approximate surface area is 142 Å². The maximum atomic E-state index is 11.9. The summed E-state index contributed by atoms with van der Waals surface area (Å²) in [5.74, 6) is -0.188. The molecule has 2 unspecified atom stereocenters. The van der Waals surface area contributed by atoms with Crippen LogP contribution in [-0.2, 0) is 9.59 Å². The lowest BCUT2D eigenvalue weighted by Gasteiger charge is -2.31. The molecule has 0 radical (unpaired) electrons. The second-order valence-electron chi connectivity index (χ2n) is 6.81. The zero-order chi connectivity index (χ0) is 17.1. The highest BCUT2D eigenvalue weighted by Gasteiger charge is 2.41. The molecule has 2 saturated heterocycles. The number of aliphatic hydroxyl groups excluding tert-OH is 1. The molecule has 1 aromatic rings. The number of benzene rings is 1. The summed E-state index contributed by atoms with van der Waals surface area (Å²) < 4.78 is 0. The van der Waals surface area contributed by atoms with Crippen molar-refractivity contribution in [2.75, 3.05) is 19.7 Å². The molecule has 0 spiro atoms. The van der Waals surface area contributed by atoms with Crippen molar-refractivity contribution in [2.45, 2.75) is 37.3 Å². The number of hydrogen-bond donors (Lipinski definition) is 3. The summed E-state index contributed by atoms with van der Waals surface area (Å²) >= 11 is 0. The van der Waals surface area contributed by atoms with E-state index in [1.165, 1.54) is 5.56 Å². The number of likely N-dealkylation sites (tertiary alicyclic amines) is 1. The molecule has 3 rings (SSSR count). The standard InChI is InChI=1S/C18H25N3O3/c19-17(23)16-9-14(12-4-2-1-3-5-12)10-21(16)15(11-22)8-13-6-7-20-18(13)24/h1-5,13-16,22H,6-11H2,(H2,19,23)(H,20,24)/t13-,14?,15-,16?/m0/s1. The van der Waals surface area contributed by atoms with Crippen molar-refractivity contribution in [2.24, 2.45) is 11.7 Å².